The highest BCUT2D eigenvalue weighted by Crippen LogP contribution is 2.27. The van der Waals surface area contributed by atoms with Crippen molar-refractivity contribution in [3.05, 3.63) is 68.3 Å². The average molecular weight is 313 g/mol. The molecule has 2 rings (SSSR count). The molecule has 2 aromatic carbocycles. The minimum atomic E-state index is -0.461. The van der Waals surface area contributed by atoms with Crippen LogP contribution in [0.3, 0.4) is 0 Å². The molecule has 0 aliphatic rings. The molecule has 0 saturated heterocycles. The summed E-state index contributed by atoms with van der Waals surface area (Å²) in [6.45, 7) is 7.31. The molecule has 0 amide bonds. The summed E-state index contributed by atoms with van der Waals surface area (Å²) in [5.41, 5.74) is 4.10. The Balaban J connectivity index is 2.19. The van der Waals surface area contributed by atoms with Crippen LogP contribution < -0.4 is 4.74 Å². The molecule has 0 spiro atoms. The lowest BCUT2D eigenvalue weighted by Crippen LogP contribution is -2.14. The number of Topliss-reactive ketones (excluding diaryl/α,β-unsaturated/α-hetero) is 1. The minimum absolute atomic E-state index is 0.0164. The van der Waals surface area contributed by atoms with Gasteiger partial charge in [0.15, 0.2) is 12.4 Å². The van der Waals surface area contributed by atoms with Gasteiger partial charge in [-0.3, -0.25) is 14.9 Å². The molecule has 5 heteroatoms. The van der Waals surface area contributed by atoms with Gasteiger partial charge in [0, 0.05) is 11.6 Å². The van der Waals surface area contributed by atoms with E-state index in [0.29, 0.717) is 16.9 Å². The van der Waals surface area contributed by atoms with Crippen molar-refractivity contribution < 1.29 is 14.5 Å². The molecule has 0 radical (unpaired) electrons. The quantitative estimate of drug-likeness (QED) is 0.473. The molecule has 0 bridgehead atoms. The fraction of sp³-hybridized carbons (Fsp3) is 0.278. The molecular formula is C18H19NO4. The minimum Gasteiger partial charge on any atom is -0.485 e. The van der Waals surface area contributed by atoms with Gasteiger partial charge in [0.05, 0.1) is 10.5 Å². The van der Waals surface area contributed by atoms with Gasteiger partial charge in [-0.25, -0.2) is 0 Å². The monoisotopic (exact) mass is 313 g/mol. The molecule has 0 heterocycles. The largest absolute Gasteiger partial charge is 0.485 e. The first-order valence-corrected chi connectivity index (χ1v) is 7.29. The molecule has 0 aromatic heterocycles. The van der Waals surface area contributed by atoms with E-state index >= 15 is 0 Å². The van der Waals surface area contributed by atoms with Gasteiger partial charge in [0.25, 0.3) is 5.69 Å². The topological polar surface area (TPSA) is 69.4 Å². The van der Waals surface area contributed by atoms with E-state index in [-0.39, 0.29) is 18.1 Å². The maximum Gasteiger partial charge on any atom is 0.276 e. The van der Waals surface area contributed by atoms with Crippen molar-refractivity contribution in [1.29, 1.82) is 0 Å². The van der Waals surface area contributed by atoms with Gasteiger partial charge in [-0.15, -0.1) is 0 Å². The van der Waals surface area contributed by atoms with Crippen molar-refractivity contribution in [3.8, 4) is 5.75 Å². The highest BCUT2D eigenvalue weighted by molar-refractivity contribution is 5.98. The van der Waals surface area contributed by atoms with Crippen LogP contribution in [0.15, 0.2) is 30.3 Å². The second-order valence-electron chi connectivity index (χ2n) is 5.62. The Bertz CT molecular complexity index is 781. The van der Waals surface area contributed by atoms with Crippen LogP contribution in [0.4, 0.5) is 5.69 Å². The average Bonchev–Trinajstić information content (AvgIpc) is 2.49. The molecule has 0 fully saturated rings. The zero-order chi connectivity index (χ0) is 17.1. The van der Waals surface area contributed by atoms with Crippen molar-refractivity contribution in [2.75, 3.05) is 6.61 Å². The smallest absolute Gasteiger partial charge is 0.276 e. The molecule has 0 aliphatic carbocycles. The first-order valence-electron chi connectivity index (χ1n) is 7.29. The summed E-state index contributed by atoms with van der Waals surface area (Å²) in [7, 11) is 0. The Kier molecular flexibility index (Phi) is 4.79. The predicted molar refractivity (Wildman–Crippen MR) is 88.3 cm³/mol. The van der Waals surface area contributed by atoms with Gasteiger partial charge < -0.3 is 4.74 Å². The van der Waals surface area contributed by atoms with E-state index < -0.39 is 4.92 Å². The van der Waals surface area contributed by atoms with E-state index in [1.807, 2.05) is 32.9 Å². The zero-order valence-electron chi connectivity index (χ0n) is 13.7. The molecule has 23 heavy (non-hydrogen) atoms. The van der Waals surface area contributed by atoms with Gasteiger partial charge >= 0.3 is 0 Å². The van der Waals surface area contributed by atoms with Crippen LogP contribution in [-0.2, 0) is 0 Å². The highest BCUT2D eigenvalue weighted by Gasteiger charge is 2.16. The van der Waals surface area contributed by atoms with Crippen LogP contribution in [-0.4, -0.2) is 17.3 Å². The Hall–Kier alpha value is -2.69. The lowest BCUT2D eigenvalue weighted by Gasteiger charge is -2.11. The van der Waals surface area contributed by atoms with Gasteiger partial charge in [0.2, 0.25) is 0 Å². The molecule has 0 atom stereocenters. The van der Waals surface area contributed by atoms with Crippen LogP contribution in [0.25, 0.3) is 0 Å². The van der Waals surface area contributed by atoms with E-state index in [2.05, 4.69) is 0 Å². The number of nitrogens with zero attached hydrogens (tertiary/aromatic N) is 1. The number of hydrogen-bond donors (Lipinski definition) is 0. The first kappa shape index (κ1) is 16.7. The van der Waals surface area contributed by atoms with Crippen LogP contribution >= 0.6 is 0 Å². The molecule has 2 aromatic rings. The number of benzene rings is 2. The van der Waals surface area contributed by atoms with E-state index in [9.17, 15) is 14.9 Å². The van der Waals surface area contributed by atoms with Crippen molar-refractivity contribution in [3.63, 3.8) is 0 Å². The second kappa shape index (κ2) is 6.60. The molecular weight excluding hydrogens is 294 g/mol. The van der Waals surface area contributed by atoms with E-state index in [4.69, 9.17) is 4.74 Å². The maximum atomic E-state index is 12.4. The summed E-state index contributed by atoms with van der Waals surface area (Å²) in [5, 5.41) is 10.9. The fourth-order valence-electron chi connectivity index (χ4n) is 2.44. The van der Waals surface area contributed by atoms with Gasteiger partial charge in [-0.1, -0.05) is 12.1 Å². The van der Waals surface area contributed by atoms with Gasteiger partial charge in [-0.05, 0) is 56.5 Å². The summed E-state index contributed by atoms with van der Waals surface area (Å²) in [6, 6.07) is 8.42. The molecule has 0 aliphatic heterocycles. The fourth-order valence-corrected chi connectivity index (χ4v) is 2.44. The second-order valence-corrected chi connectivity index (χ2v) is 5.62. The van der Waals surface area contributed by atoms with Crippen molar-refractivity contribution in [2.45, 2.75) is 27.7 Å². The third kappa shape index (κ3) is 3.56. The van der Waals surface area contributed by atoms with Crippen LogP contribution in [0.2, 0.25) is 0 Å². The number of carbonyl (C=O) groups excluding carboxylic acids is 1. The lowest BCUT2D eigenvalue weighted by atomic mass is 9.98. The first-order chi connectivity index (χ1) is 10.8. The Morgan fingerprint density at radius 2 is 1.74 bits per heavy atom. The molecule has 120 valence electrons. The number of rotatable bonds is 5. The zero-order valence-corrected chi connectivity index (χ0v) is 13.7. The highest BCUT2D eigenvalue weighted by atomic mass is 16.6. The molecule has 0 unspecified atom stereocenters. The Morgan fingerprint density at radius 1 is 1.09 bits per heavy atom. The Labute approximate surface area is 135 Å². The predicted octanol–water partition coefficient (Wildman–Crippen LogP) is 4.09. The van der Waals surface area contributed by atoms with Crippen molar-refractivity contribution in [1.82, 2.24) is 0 Å². The summed E-state index contributed by atoms with van der Waals surface area (Å²) < 4.78 is 5.51. The number of ether oxygens (including phenoxy) is 1. The number of carbonyl (C=O) groups is 1. The summed E-state index contributed by atoms with van der Waals surface area (Å²) in [5.74, 6) is 0.213. The van der Waals surface area contributed by atoms with Gasteiger partial charge in [0.1, 0.15) is 5.75 Å². The molecule has 0 N–H and O–H groups in total. The van der Waals surface area contributed by atoms with E-state index in [0.717, 1.165) is 16.7 Å². The number of hydrogen-bond acceptors (Lipinski definition) is 4. The number of ketones is 1. The Morgan fingerprint density at radius 3 is 2.39 bits per heavy atom. The third-order valence-electron chi connectivity index (χ3n) is 3.95. The maximum absolute atomic E-state index is 12.4. The lowest BCUT2D eigenvalue weighted by molar-refractivity contribution is -0.385. The molecule has 5 nitrogen and oxygen atoms in total. The molecule has 0 saturated carbocycles. The van der Waals surface area contributed by atoms with Crippen molar-refractivity contribution >= 4 is 11.5 Å². The van der Waals surface area contributed by atoms with Crippen LogP contribution in [0.5, 0.6) is 5.75 Å². The number of aryl methyl sites for hydroxylation is 3. The van der Waals surface area contributed by atoms with E-state index in [1.54, 1.807) is 19.1 Å². The SMILES string of the molecule is Cc1cc(C)c(C(=O)COc2cccc([N+](=O)[O-])c2C)cc1C. The van der Waals surface area contributed by atoms with E-state index in [1.165, 1.54) is 6.07 Å². The van der Waals surface area contributed by atoms with Crippen molar-refractivity contribution in [2.24, 2.45) is 0 Å². The van der Waals surface area contributed by atoms with Gasteiger partial charge in [-0.2, -0.15) is 0 Å². The van der Waals surface area contributed by atoms with Crippen LogP contribution in [0.1, 0.15) is 32.6 Å². The standard InChI is InChI=1S/C18H19NO4/c1-11-8-13(3)15(9-12(11)2)17(20)10-23-18-7-5-6-16(14(18)4)19(21)22/h5-9H,10H2,1-4H3. The number of nitro benzene ring substituents is 1. The number of nitro groups is 1. The third-order valence-corrected chi connectivity index (χ3v) is 3.95. The summed E-state index contributed by atoms with van der Waals surface area (Å²) in [4.78, 5) is 22.8. The van der Waals surface area contributed by atoms with Crippen LogP contribution in [0, 0.1) is 37.8 Å². The summed E-state index contributed by atoms with van der Waals surface area (Å²) >= 11 is 0. The summed E-state index contributed by atoms with van der Waals surface area (Å²) in [6.07, 6.45) is 0. The normalized spacial score (nSPS) is 10.4.